The number of furan rings is 1. The van der Waals surface area contributed by atoms with Gasteiger partial charge in [-0.3, -0.25) is 9.55 Å². The number of fused-ring (bicyclic) bond motifs is 4. The number of hydrogen-bond donors (Lipinski definition) is 0. The van der Waals surface area contributed by atoms with Crippen LogP contribution in [0.1, 0.15) is 56.4 Å². The second-order valence-corrected chi connectivity index (χ2v) is 9.96. The molecule has 35 heavy (non-hydrogen) atoms. The first kappa shape index (κ1) is 21.6. The van der Waals surface area contributed by atoms with Crippen molar-refractivity contribution in [2.75, 3.05) is 0 Å². The van der Waals surface area contributed by atoms with Gasteiger partial charge in [-0.25, -0.2) is 4.98 Å². The molecule has 0 amide bonds. The van der Waals surface area contributed by atoms with E-state index < -0.39 is 0 Å². The van der Waals surface area contributed by atoms with Crippen LogP contribution in [0.25, 0.3) is 50.0 Å². The minimum absolute atomic E-state index is 0.360. The number of aromatic nitrogens is 3. The third-order valence-electron chi connectivity index (χ3n) is 6.89. The zero-order chi connectivity index (χ0) is 24.3. The molecule has 0 saturated heterocycles. The average molecular weight is 460 g/mol. The Balaban J connectivity index is 1.78. The molecule has 6 rings (SSSR count). The highest BCUT2D eigenvalue weighted by Gasteiger charge is 2.24. The normalized spacial score (nSPS) is 12.1. The summed E-state index contributed by atoms with van der Waals surface area (Å²) in [6.45, 7) is 11.1. The summed E-state index contributed by atoms with van der Waals surface area (Å²) in [6.07, 6.45) is 1.89. The second kappa shape index (κ2) is 8.09. The first-order valence-corrected chi connectivity index (χ1v) is 12.3. The van der Waals surface area contributed by atoms with Gasteiger partial charge >= 0.3 is 0 Å². The van der Waals surface area contributed by atoms with Crippen LogP contribution in [0, 0.1) is 6.92 Å². The maximum atomic E-state index is 6.44. The minimum atomic E-state index is 0.360. The van der Waals surface area contributed by atoms with E-state index >= 15 is 0 Å². The van der Waals surface area contributed by atoms with Crippen molar-refractivity contribution in [3.63, 3.8) is 0 Å². The number of rotatable bonds is 4. The van der Waals surface area contributed by atoms with Crippen LogP contribution in [0.15, 0.2) is 77.3 Å². The van der Waals surface area contributed by atoms with Crippen molar-refractivity contribution in [2.24, 2.45) is 0 Å². The van der Waals surface area contributed by atoms with Crippen LogP contribution in [0.5, 0.6) is 0 Å². The van der Waals surface area contributed by atoms with E-state index in [2.05, 4.69) is 91.8 Å². The van der Waals surface area contributed by atoms with Crippen molar-refractivity contribution >= 4 is 33.0 Å². The molecule has 6 aromatic rings. The van der Waals surface area contributed by atoms with E-state index in [0.717, 1.165) is 50.1 Å². The van der Waals surface area contributed by atoms with Gasteiger partial charge in [0, 0.05) is 16.5 Å². The van der Waals surface area contributed by atoms with Crippen molar-refractivity contribution in [3.05, 3.63) is 89.7 Å². The third-order valence-corrected chi connectivity index (χ3v) is 6.89. The Kier molecular flexibility index (Phi) is 4.99. The summed E-state index contributed by atoms with van der Waals surface area (Å²) in [4.78, 5) is 9.72. The van der Waals surface area contributed by atoms with Crippen LogP contribution in [0.3, 0.4) is 0 Å². The quantitative estimate of drug-likeness (QED) is 0.265. The standard InChI is InChI=1S/C31H29N3O/c1-18(2)21-11-8-12-22(19(3)4)29(21)34-27-16-20(5)32-17-26(27)33-31(34)25-14-9-13-24-23-10-6-7-15-28(23)35-30(24)25/h6-19H,1-5H3. The first-order chi connectivity index (χ1) is 16.9. The molecule has 0 unspecified atom stereocenters. The van der Waals surface area contributed by atoms with Crippen LogP contribution in [-0.2, 0) is 0 Å². The van der Waals surface area contributed by atoms with Gasteiger partial charge in [-0.05, 0) is 48.1 Å². The van der Waals surface area contributed by atoms with E-state index in [1.807, 2.05) is 25.3 Å². The molecule has 0 saturated carbocycles. The zero-order valence-electron chi connectivity index (χ0n) is 20.8. The molecule has 0 atom stereocenters. The summed E-state index contributed by atoms with van der Waals surface area (Å²) in [6, 6.07) is 23.4. The molecule has 3 aromatic carbocycles. The molecule has 0 aliphatic heterocycles. The SMILES string of the molecule is Cc1cc2c(cn1)nc(-c1cccc3c1oc1ccccc13)n2-c1c(C(C)C)cccc1C(C)C. The van der Waals surface area contributed by atoms with Gasteiger partial charge < -0.3 is 4.42 Å². The highest BCUT2D eigenvalue weighted by atomic mass is 16.3. The van der Waals surface area contributed by atoms with Gasteiger partial charge in [-0.2, -0.15) is 0 Å². The molecule has 0 aliphatic carbocycles. The Labute approximate surface area is 205 Å². The molecule has 3 aromatic heterocycles. The van der Waals surface area contributed by atoms with E-state index in [-0.39, 0.29) is 0 Å². The molecule has 0 N–H and O–H groups in total. The zero-order valence-corrected chi connectivity index (χ0v) is 20.8. The van der Waals surface area contributed by atoms with Crippen LogP contribution in [0.2, 0.25) is 0 Å². The van der Waals surface area contributed by atoms with Gasteiger partial charge in [0.1, 0.15) is 22.5 Å². The molecule has 0 fully saturated rings. The Morgan fingerprint density at radius 2 is 1.49 bits per heavy atom. The lowest BCUT2D eigenvalue weighted by atomic mass is 9.92. The van der Waals surface area contributed by atoms with E-state index in [1.54, 1.807) is 0 Å². The molecule has 0 bridgehead atoms. The fourth-order valence-electron chi connectivity index (χ4n) is 5.18. The lowest BCUT2D eigenvalue weighted by molar-refractivity contribution is 0.669. The highest BCUT2D eigenvalue weighted by molar-refractivity contribution is 6.09. The van der Waals surface area contributed by atoms with E-state index in [0.29, 0.717) is 11.8 Å². The number of hydrogen-bond acceptors (Lipinski definition) is 3. The third kappa shape index (κ3) is 3.35. The van der Waals surface area contributed by atoms with Gasteiger partial charge in [0.25, 0.3) is 0 Å². The predicted molar refractivity (Wildman–Crippen MR) is 144 cm³/mol. The number of aryl methyl sites for hydroxylation is 1. The summed E-state index contributed by atoms with van der Waals surface area (Å²) in [5.74, 6) is 1.60. The molecular weight excluding hydrogens is 430 g/mol. The summed E-state index contributed by atoms with van der Waals surface area (Å²) in [7, 11) is 0. The Hall–Kier alpha value is -3.92. The minimum Gasteiger partial charge on any atom is -0.455 e. The van der Waals surface area contributed by atoms with Gasteiger partial charge in [0.15, 0.2) is 0 Å². The average Bonchev–Trinajstić information content (AvgIpc) is 3.41. The topological polar surface area (TPSA) is 43.9 Å². The van der Waals surface area contributed by atoms with Gasteiger partial charge in [-0.15, -0.1) is 0 Å². The monoisotopic (exact) mass is 459 g/mol. The molecular formula is C31H29N3O. The van der Waals surface area contributed by atoms with E-state index in [1.165, 1.54) is 16.8 Å². The lowest BCUT2D eigenvalue weighted by Gasteiger charge is -2.22. The van der Waals surface area contributed by atoms with Gasteiger partial charge in [0.05, 0.1) is 23.0 Å². The highest BCUT2D eigenvalue weighted by Crippen LogP contribution is 2.40. The summed E-state index contributed by atoms with van der Waals surface area (Å²) in [5.41, 5.74) is 9.49. The second-order valence-electron chi connectivity index (χ2n) is 9.96. The molecule has 3 heterocycles. The maximum absolute atomic E-state index is 6.44. The Morgan fingerprint density at radius 3 is 2.23 bits per heavy atom. The van der Waals surface area contributed by atoms with Gasteiger partial charge in [0.2, 0.25) is 0 Å². The van der Waals surface area contributed by atoms with Crippen LogP contribution in [0.4, 0.5) is 0 Å². The fourth-order valence-corrected chi connectivity index (χ4v) is 5.18. The number of para-hydroxylation sites is 3. The van der Waals surface area contributed by atoms with Crippen LogP contribution >= 0.6 is 0 Å². The van der Waals surface area contributed by atoms with Crippen molar-refractivity contribution in [3.8, 4) is 17.1 Å². The number of imidazole rings is 1. The van der Waals surface area contributed by atoms with Crippen molar-refractivity contribution in [2.45, 2.75) is 46.5 Å². The molecule has 4 heteroatoms. The molecule has 4 nitrogen and oxygen atoms in total. The van der Waals surface area contributed by atoms with E-state index in [4.69, 9.17) is 9.40 Å². The Morgan fingerprint density at radius 1 is 0.800 bits per heavy atom. The van der Waals surface area contributed by atoms with Crippen molar-refractivity contribution in [1.29, 1.82) is 0 Å². The van der Waals surface area contributed by atoms with Crippen molar-refractivity contribution < 1.29 is 4.42 Å². The van der Waals surface area contributed by atoms with Crippen LogP contribution < -0.4 is 0 Å². The number of nitrogens with zero attached hydrogens (tertiary/aromatic N) is 3. The molecule has 0 aliphatic rings. The number of pyridine rings is 1. The lowest BCUT2D eigenvalue weighted by Crippen LogP contribution is -2.08. The Bertz CT molecular complexity index is 1690. The smallest absolute Gasteiger partial charge is 0.149 e. The molecule has 0 radical (unpaired) electrons. The van der Waals surface area contributed by atoms with Gasteiger partial charge in [-0.1, -0.05) is 76.2 Å². The molecule has 0 spiro atoms. The summed E-state index contributed by atoms with van der Waals surface area (Å²) in [5, 5.41) is 2.22. The van der Waals surface area contributed by atoms with Crippen molar-refractivity contribution in [1.82, 2.24) is 14.5 Å². The number of benzene rings is 3. The first-order valence-electron chi connectivity index (χ1n) is 12.3. The summed E-state index contributed by atoms with van der Waals surface area (Å²) < 4.78 is 8.78. The van der Waals surface area contributed by atoms with E-state index in [9.17, 15) is 0 Å². The predicted octanol–water partition coefficient (Wildman–Crippen LogP) is 8.54. The maximum Gasteiger partial charge on any atom is 0.149 e. The largest absolute Gasteiger partial charge is 0.455 e. The van der Waals surface area contributed by atoms with Crippen LogP contribution in [-0.4, -0.2) is 14.5 Å². The molecule has 174 valence electrons. The fraction of sp³-hybridized carbons (Fsp3) is 0.226. The summed E-state index contributed by atoms with van der Waals surface area (Å²) >= 11 is 0.